The predicted molar refractivity (Wildman–Crippen MR) is 126 cm³/mol. The number of nitrogens with zero attached hydrogens (tertiary/aromatic N) is 2. The molecular formula is C24H27ClFN3O6. The van der Waals surface area contributed by atoms with Crippen LogP contribution in [0.5, 0.6) is 11.5 Å². The number of nitrogens with one attached hydrogen (secondary N) is 1. The number of methoxy groups -OCH3 is 1. The van der Waals surface area contributed by atoms with Crippen LogP contribution in [-0.2, 0) is 16.8 Å². The third-order valence-corrected chi connectivity index (χ3v) is 6.70. The number of amides is 2. The van der Waals surface area contributed by atoms with Gasteiger partial charge in [-0.05, 0) is 26.3 Å². The van der Waals surface area contributed by atoms with Crippen molar-refractivity contribution in [3.05, 3.63) is 56.2 Å². The normalized spacial score (nSPS) is 20.8. The fourth-order valence-corrected chi connectivity index (χ4v) is 4.92. The van der Waals surface area contributed by atoms with Crippen molar-refractivity contribution in [3.63, 3.8) is 0 Å². The van der Waals surface area contributed by atoms with Gasteiger partial charge in [-0.1, -0.05) is 11.6 Å². The lowest BCUT2D eigenvalue weighted by Gasteiger charge is -2.35. The number of likely N-dealkylation sites (N-methyl/N-ethyl adjacent to an activating group) is 1. The molecule has 35 heavy (non-hydrogen) atoms. The van der Waals surface area contributed by atoms with Crippen LogP contribution in [-0.4, -0.2) is 59.8 Å². The molecule has 1 aliphatic heterocycles. The quantitative estimate of drug-likeness (QED) is 0.596. The van der Waals surface area contributed by atoms with E-state index >= 15 is 0 Å². The molecule has 0 radical (unpaired) electrons. The number of halogens is 2. The number of pyridine rings is 1. The number of ether oxygens (including phenoxy) is 2. The Bertz CT molecular complexity index is 1260. The van der Waals surface area contributed by atoms with Crippen molar-refractivity contribution in [1.82, 2.24) is 14.8 Å². The van der Waals surface area contributed by atoms with E-state index < -0.39 is 34.3 Å². The summed E-state index contributed by atoms with van der Waals surface area (Å²) in [6.07, 6.45) is 1.78. The van der Waals surface area contributed by atoms with Gasteiger partial charge in [-0.25, -0.2) is 4.39 Å². The van der Waals surface area contributed by atoms with Crippen molar-refractivity contribution in [2.24, 2.45) is 5.92 Å². The first-order chi connectivity index (χ1) is 16.5. The molecular weight excluding hydrogens is 481 g/mol. The maximum absolute atomic E-state index is 14.5. The molecule has 2 atom stereocenters. The Morgan fingerprint density at radius 1 is 1.37 bits per heavy atom. The van der Waals surface area contributed by atoms with Crippen LogP contribution in [0.25, 0.3) is 0 Å². The van der Waals surface area contributed by atoms with Gasteiger partial charge in [0.25, 0.3) is 11.8 Å². The van der Waals surface area contributed by atoms with E-state index in [-0.39, 0.29) is 40.4 Å². The molecule has 0 unspecified atom stereocenters. The van der Waals surface area contributed by atoms with Crippen LogP contribution >= 0.6 is 11.6 Å². The van der Waals surface area contributed by atoms with Crippen LogP contribution in [0.2, 0.25) is 5.02 Å². The lowest BCUT2D eigenvalue weighted by molar-refractivity contribution is 0.0664. The molecule has 1 fully saturated rings. The van der Waals surface area contributed by atoms with Gasteiger partial charge in [0.1, 0.15) is 17.1 Å². The summed E-state index contributed by atoms with van der Waals surface area (Å²) in [5.41, 5.74) is -2.01. The Hall–Kier alpha value is -3.11. The van der Waals surface area contributed by atoms with Crippen LogP contribution in [0.4, 0.5) is 4.39 Å². The SMILES string of the molecule is COC[C@H]1C[C@@]12CN(C)C(=O)c1c(O)c(=O)c(C(=O)NCc3cc(OC(C)C)cc(Cl)c3F)cn12. The van der Waals surface area contributed by atoms with Gasteiger partial charge in [0, 0.05) is 51.0 Å². The summed E-state index contributed by atoms with van der Waals surface area (Å²) in [7, 11) is 3.16. The Morgan fingerprint density at radius 2 is 2.09 bits per heavy atom. The van der Waals surface area contributed by atoms with Gasteiger partial charge in [0.15, 0.2) is 11.4 Å². The average Bonchev–Trinajstić information content (AvgIpc) is 3.47. The van der Waals surface area contributed by atoms with E-state index in [1.807, 2.05) is 0 Å². The van der Waals surface area contributed by atoms with Gasteiger partial charge in [-0.15, -0.1) is 0 Å². The highest BCUT2D eigenvalue weighted by molar-refractivity contribution is 6.31. The monoisotopic (exact) mass is 507 g/mol. The second-order valence-electron chi connectivity index (χ2n) is 9.29. The summed E-state index contributed by atoms with van der Waals surface area (Å²) in [5.74, 6) is -2.47. The second-order valence-corrected chi connectivity index (χ2v) is 9.69. The van der Waals surface area contributed by atoms with Gasteiger partial charge >= 0.3 is 0 Å². The first-order valence-corrected chi connectivity index (χ1v) is 11.5. The summed E-state index contributed by atoms with van der Waals surface area (Å²) in [4.78, 5) is 40.0. The minimum absolute atomic E-state index is 0.0412. The first kappa shape index (κ1) is 25.0. The Labute approximate surface area is 206 Å². The van der Waals surface area contributed by atoms with Crippen LogP contribution in [0, 0.1) is 11.7 Å². The molecule has 1 aromatic carbocycles. The number of aromatic nitrogens is 1. The van der Waals surface area contributed by atoms with E-state index in [4.69, 9.17) is 21.1 Å². The number of fused-ring (bicyclic) bond motifs is 2. The highest BCUT2D eigenvalue weighted by Crippen LogP contribution is 2.53. The number of carbonyl (C=O) groups is 2. The number of hydrogen-bond acceptors (Lipinski definition) is 6. The maximum atomic E-state index is 14.5. The predicted octanol–water partition coefficient (Wildman–Crippen LogP) is 2.51. The Morgan fingerprint density at radius 3 is 2.74 bits per heavy atom. The smallest absolute Gasteiger partial charge is 0.274 e. The molecule has 1 aliphatic carbocycles. The number of carbonyl (C=O) groups excluding carboxylic acids is 2. The number of benzene rings is 1. The molecule has 2 amide bonds. The molecule has 0 bridgehead atoms. The van der Waals surface area contributed by atoms with Crippen LogP contribution < -0.4 is 15.5 Å². The van der Waals surface area contributed by atoms with Gasteiger partial charge in [0.2, 0.25) is 5.43 Å². The Kier molecular flexibility index (Phi) is 6.54. The van der Waals surface area contributed by atoms with Crippen molar-refractivity contribution < 1.29 is 28.6 Å². The molecule has 1 saturated carbocycles. The van der Waals surface area contributed by atoms with Crippen molar-refractivity contribution in [2.45, 2.75) is 38.5 Å². The molecule has 4 rings (SSSR count). The van der Waals surface area contributed by atoms with E-state index in [2.05, 4.69) is 5.32 Å². The van der Waals surface area contributed by atoms with E-state index in [0.29, 0.717) is 25.3 Å². The minimum atomic E-state index is -0.980. The van der Waals surface area contributed by atoms with Gasteiger partial charge in [-0.2, -0.15) is 0 Å². The second kappa shape index (κ2) is 9.16. The fraction of sp³-hybridized carbons (Fsp3) is 0.458. The van der Waals surface area contributed by atoms with E-state index in [9.17, 15) is 23.9 Å². The van der Waals surface area contributed by atoms with Crippen molar-refractivity contribution in [2.75, 3.05) is 27.3 Å². The largest absolute Gasteiger partial charge is 0.503 e. The summed E-state index contributed by atoms with van der Waals surface area (Å²) in [5, 5.41) is 13.0. The van der Waals surface area contributed by atoms with Crippen molar-refractivity contribution in [1.29, 1.82) is 0 Å². The number of aromatic hydroxyl groups is 1. The lowest BCUT2D eigenvalue weighted by Crippen LogP contribution is -2.48. The highest BCUT2D eigenvalue weighted by Gasteiger charge is 2.60. The fourth-order valence-electron chi connectivity index (χ4n) is 4.69. The topological polar surface area (TPSA) is 110 Å². The third kappa shape index (κ3) is 4.36. The van der Waals surface area contributed by atoms with Crippen molar-refractivity contribution in [3.8, 4) is 11.5 Å². The summed E-state index contributed by atoms with van der Waals surface area (Å²) < 4.78 is 26.9. The zero-order valence-electron chi connectivity index (χ0n) is 19.9. The van der Waals surface area contributed by atoms with Crippen LogP contribution in [0.1, 0.15) is 46.7 Å². The first-order valence-electron chi connectivity index (χ1n) is 11.2. The molecule has 2 heterocycles. The van der Waals surface area contributed by atoms with Gasteiger partial charge in [0.05, 0.1) is 23.3 Å². The number of rotatable bonds is 7. The molecule has 188 valence electrons. The summed E-state index contributed by atoms with van der Waals surface area (Å²) in [6.45, 7) is 4.11. The molecule has 2 N–H and O–H groups in total. The van der Waals surface area contributed by atoms with E-state index in [0.717, 1.165) is 0 Å². The highest BCUT2D eigenvalue weighted by atomic mass is 35.5. The standard InChI is InChI=1S/C24H27ClFN3O6/c1-12(2)35-15-5-13(18(26)17(25)6-15)8-27-22(32)16-9-29-19(21(31)20(16)30)23(33)28(3)11-24(29)7-14(24)10-34-4/h5-6,9,12,14,31H,7-8,10-11H2,1-4H3,(H,27,32)/t14-,24-/m1/s1. The van der Waals surface area contributed by atoms with Crippen molar-refractivity contribution >= 4 is 23.4 Å². The lowest BCUT2D eigenvalue weighted by atomic mass is 10.0. The molecule has 1 spiro atoms. The molecule has 11 heteroatoms. The van der Waals surface area contributed by atoms with Gasteiger partial charge < -0.3 is 29.4 Å². The summed E-state index contributed by atoms with van der Waals surface area (Å²) in [6, 6.07) is 2.76. The Balaban J connectivity index is 1.66. The average molecular weight is 508 g/mol. The van der Waals surface area contributed by atoms with Crippen LogP contribution in [0.15, 0.2) is 23.1 Å². The zero-order valence-corrected chi connectivity index (χ0v) is 20.6. The molecule has 2 aromatic rings. The molecule has 0 saturated heterocycles. The maximum Gasteiger partial charge on any atom is 0.274 e. The van der Waals surface area contributed by atoms with Crippen LogP contribution in [0.3, 0.4) is 0 Å². The molecule has 2 aliphatic rings. The summed E-state index contributed by atoms with van der Waals surface area (Å²) >= 11 is 5.96. The van der Waals surface area contributed by atoms with E-state index in [1.165, 1.54) is 27.8 Å². The molecule has 1 aromatic heterocycles. The molecule has 9 nitrogen and oxygen atoms in total. The zero-order chi connectivity index (χ0) is 25.7. The number of hydrogen-bond donors (Lipinski definition) is 2. The van der Waals surface area contributed by atoms with Gasteiger partial charge in [-0.3, -0.25) is 14.4 Å². The third-order valence-electron chi connectivity index (χ3n) is 6.42. The van der Waals surface area contributed by atoms with E-state index in [1.54, 1.807) is 28.0 Å². The minimum Gasteiger partial charge on any atom is -0.503 e.